The Morgan fingerprint density at radius 1 is 0.870 bits per heavy atom. The summed E-state index contributed by atoms with van der Waals surface area (Å²) in [6.07, 6.45) is 0. The molecule has 0 unspecified atom stereocenters. The van der Waals surface area contributed by atoms with E-state index in [4.69, 9.17) is 4.74 Å². The number of halogens is 2. The summed E-state index contributed by atoms with van der Waals surface area (Å²) in [4.78, 5) is 2.40. The molecule has 1 heterocycles. The molecule has 0 N–H and O–H groups in total. The number of benzene rings is 2. The maximum atomic E-state index is 14.2. The van der Waals surface area contributed by atoms with Crippen molar-refractivity contribution in [1.82, 2.24) is 0 Å². The fourth-order valence-electron chi connectivity index (χ4n) is 2.43. The van der Waals surface area contributed by atoms with Gasteiger partial charge in [0.15, 0.2) is 11.6 Å². The molecule has 0 spiro atoms. The smallest absolute Gasteiger partial charge is 0.201 e. The van der Waals surface area contributed by atoms with Crippen LogP contribution in [-0.4, -0.2) is 6.61 Å². The first-order valence-corrected chi connectivity index (χ1v) is 8.20. The highest BCUT2D eigenvalue weighted by atomic mass is 32.1. The minimum Gasteiger partial charge on any atom is -0.491 e. The van der Waals surface area contributed by atoms with Gasteiger partial charge in [-0.3, -0.25) is 0 Å². The average molecular weight is 330 g/mol. The van der Waals surface area contributed by atoms with E-state index >= 15 is 0 Å². The molecule has 0 aliphatic heterocycles. The molecule has 2 aromatic carbocycles. The third-order valence-electron chi connectivity index (χ3n) is 3.57. The molecule has 0 amide bonds. The van der Waals surface area contributed by atoms with E-state index in [-0.39, 0.29) is 11.3 Å². The van der Waals surface area contributed by atoms with Gasteiger partial charge in [0.25, 0.3) is 0 Å². The van der Waals surface area contributed by atoms with Crippen molar-refractivity contribution in [2.24, 2.45) is 0 Å². The zero-order valence-electron chi connectivity index (χ0n) is 12.9. The highest BCUT2D eigenvalue weighted by Gasteiger charge is 2.15. The van der Waals surface area contributed by atoms with Gasteiger partial charge in [0.2, 0.25) is 5.82 Å². The van der Waals surface area contributed by atoms with E-state index in [1.807, 2.05) is 24.3 Å². The molecular weight excluding hydrogens is 314 g/mol. The van der Waals surface area contributed by atoms with E-state index in [2.05, 4.69) is 19.1 Å². The highest BCUT2D eigenvalue weighted by Crippen LogP contribution is 2.33. The van der Waals surface area contributed by atoms with Crippen LogP contribution in [0.25, 0.3) is 21.6 Å². The van der Waals surface area contributed by atoms with Crippen LogP contribution in [0.15, 0.2) is 48.5 Å². The Kier molecular flexibility index (Phi) is 4.44. The second-order valence-corrected chi connectivity index (χ2v) is 6.45. The largest absolute Gasteiger partial charge is 0.491 e. The lowest BCUT2D eigenvalue weighted by Gasteiger charge is -2.09. The van der Waals surface area contributed by atoms with Crippen LogP contribution in [0.3, 0.4) is 0 Å². The van der Waals surface area contributed by atoms with E-state index in [1.165, 1.54) is 10.9 Å². The van der Waals surface area contributed by atoms with Crippen LogP contribution in [0, 0.1) is 18.6 Å². The van der Waals surface area contributed by atoms with E-state index in [0.29, 0.717) is 12.2 Å². The van der Waals surface area contributed by atoms with Gasteiger partial charge in [0.1, 0.15) is 0 Å². The summed E-state index contributed by atoms with van der Waals surface area (Å²) in [5.74, 6) is -1.88. The standard InChI is InChI=1S/C19H16F2OS/c1-3-22-16-10-9-15(18(20)19(16)21)13-5-7-14(8-6-13)17-11-4-12(2)23-17/h4-11H,3H2,1-2H3. The molecule has 23 heavy (non-hydrogen) atoms. The summed E-state index contributed by atoms with van der Waals surface area (Å²) in [5.41, 5.74) is 1.94. The van der Waals surface area contributed by atoms with Crippen molar-refractivity contribution in [2.45, 2.75) is 13.8 Å². The quantitative estimate of drug-likeness (QED) is 0.564. The number of hydrogen-bond acceptors (Lipinski definition) is 2. The molecule has 3 aromatic rings. The topological polar surface area (TPSA) is 9.23 Å². The number of aryl methyl sites for hydroxylation is 1. The molecular formula is C19H16F2OS. The first-order valence-electron chi connectivity index (χ1n) is 7.38. The maximum Gasteiger partial charge on any atom is 0.201 e. The van der Waals surface area contributed by atoms with Crippen molar-refractivity contribution in [1.29, 1.82) is 0 Å². The van der Waals surface area contributed by atoms with Crippen LogP contribution < -0.4 is 4.74 Å². The third-order valence-corrected chi connectivity index (χ3v) is 4.62. The lowest BCUT2D eigenvalue weighted by Crippen LogP contribution is -1.98. The second-order valence-electron chi connectivity index (χ2n) is 5.16. The Morgan fingerprint density at radius 3 is 2.17 bits per heavy atom. The van der Waals surface area contributed by atoms with Crippen LogP contribution >= 0.6 is 11.3 Å². The highest BCUT2D eigenvalue weighted by molar-refractivity contribution is 7.15. The second kappa shape index (κ2) is 6.50. The van der Waals surface area contributed by atoms with Crippen LogP contribution in [0.2, 0.25) is 0 Å². The summed E-state index contributed by atoms with van der Waals surface area (Å²) >= 11 is 1.70. The summed E-state index contributed by atoms with van der Waals surface area (Å²) in [7, 11) is 0. The van der Waals surface area contributed by atoms with Gasteiger partial charge in [-0.05, 0) is 49.2 Å². The van der Waals surface area contributed by atoms with E-state index < -0.39 is 11.6 Å². The molecule has 0 aliphatic rings. The predicted octanol–water partition coefficient (Wildman–Crippen LogP) is 6.07. The number of thiophene rings is 1. The van der Waals surface area contributed by atoms with E-state index in [1.54, 1.807) is 24.3 Å². The Bertz CT molecular complexity index is 822. The minimum atomic E-state index is -0.942. The SMILES string of the molecule is CCOc1ccc(-c2ccc(-c3ccc(C)s3)cc2)c(F)c1F. The van der Waals surface area contributed by atoms with Crippen molar-refractivity contribution < 1.29 is 13.5 Å². The Balaban J connectivity index is 1.95. The predicted molar refractivity (Wildman–Crippen MR) is 91.0 cm³/mol. The molecule has 0 radical (unpaired) electrons. The summed E-state index contributed by atoms with van der Waals surface area (Å²) in [6, 6.07) is 14.6. The third kappa shape index (κ3) is 3.13. The van der Waals surface area contributed by atoms with Crippen molar-refractivity contribution >= 4 is 11.3 Å². The monoisotopic (exact) mass is 330 g/mol. The van der Waals surface area contributed by atoms with Crippen LogP contribution in [-0.2, 0) is 0 Å². The molecule has 0 bridgehead atoms. The van der Waals surface area contributed by atoms with Gasteiger partial charge in [-0.1, -0.05) is 24.3 Å². The van der Waals surface area contributed by atoms with Crippen LogP contribution in [0.4, 0.5) is 8.78 Å². The van der Waals surface area contributed by atoms with Crippen molar-refractivity contribution in [3.8, 4) is 27.3 Å². The molecule has 1 nitrogen and oxygen atoms in total. The zero-order valence-corrected chi connectivity index (χ0v) is 13.7. The normalized spacial score (nSPS) is 10.8. The molecule has 118 valence electrons. The molecule has 3 rings (SSSR count). The summed E-state index contributed by atoms with van der Waals surface area (Å²) in [5, 5.41) is 0. The fraction of sp³-hybridized carbons (Fsp3) is 0.158. The minimum absolute atomic E-state index is 0.0561. The fourth-order valence-corrected chi connectivity index (χ4v) is 3.30. The molecule has 0 atom stereocenters. The van der Waals surface area contributed by atoms with Crippen LogP contribution in [0.5, 0.6) is 5.75 Å². The van der Waals surface area contributed by atoms with E-state index in [9.17, 15) is 8.78 Å². The van der Waals surface area contributed by atoms with Crippen LogP contribution in [0.1, 0.15) is 11.8 Å². The van der Waals surface area contributed by atoms with Gasteiger partial charge in [-0.15, -0.1) is 11.3 Å². The number of ether oxygens (including phenoxy) is 1. The molecule has 0 aliphatic carbocycles. The number of hydrogen-bond donors (Lipinski definition) is 0. The van der Waals surface area contributed by atoms with Gasteiger partial charge in [0.05, 0.1) is 6.61 Å². The van der Waals surface area contributed by atoms with Crippen molar-refractivity contribution in [3.63, 3.8) is 0 Å². The molecule has 0 saturated carbocycles. The van der Waals surface area contributed by atoms with Gasteiger partial charge in [-0.25, -0.2) is 4.39 Å². The maximum absolute atomic E-state index is 14.2. The van der Waals surface area contributed by atoms with Gasteiger partial charge < -0.3 is 4.74 Å². The molecule has 0 fully saturated rings. The summed E-state index contributed by atoms with van der Waals surface area (Å²) in [6.45, 7) is 4.08. The first-order chi connectivity index (χ1) is 11.1. The van der Waals surface area contributed by atoms with Crippen molar-refractivity contribution in [2.75, 3.05) is 6.61 Å². The van der Waals surface area contributed by atoms with Crippen molar-refractivity contribution in [3.05, 3.63) is 65.0 Å². The molecule has 0 saturated heterocycles. The first kappa shape index (κ1) is 15.7. The Morgan fingerprint density at radius 2 is 1.57 bits per heavy atom. The summed E-state index contributed by atoms with van der Waals surface area (Å²) < 4.78 is 33.3. The lowest BCUT2D eigenvalue weighted by molar-refractivity contribution is 0.314. The lowest BCUT2D eigenvalue weighted by atomic mass is 10.0. The Hall–Kier alpha value is -2.20. The number of rotatable bonds is 4. The molecule has 4 heteroatoms. The van der Waals surface area contributed by atoms with Gasteiger partial charge in [0, 0.05) is 15.3 Å². The Labute approximate surface area is 138 Å². The van der Waals surface area contributed by atoms with Gasteiger partial charge >= 0.3 is 0 Å². The zero-order chi connectivity index (χ0) is 16.4. The van der Waals surface area contributed by atoms with Gasteiger partial charge in [-0.2, -0.15) is 4.39 Å². The average Bonchev–Trinajstić information content (AvgIpc) is 2.99. The van der Waals surface area contributed by atoms with E-state index in [0.717, 1.165) is 10.4 Å². The molecule has 1 aromatic heterocycles.